The number of fused-ring (bicyclic) bond motifs is 1. The predicted octanol–water partition coefficient (Wildman–Crippen LogP) is 2.66. The molecule has 0 unspecified atom stereocenters. The molecule has 1 aromatic heterocycles. The molecule has 1 aliphatic heterocycles. The van der Waals surface area contributed by atoms with Crippen molar-refractivity contribution >= 4 is 5.91 Å². The number of hydrogen-bond acceptors (Lipinski definition) is 3. The predicted molar refractivity (Wildman–Crippen MR) is 98.0 cm³/mol. The molecule has 0 saturated carbocycles. The van der Waals surface area contributed by atoms with Gasteiger partial charge in [0.1, 0.15) is 0 Å². The van der Waals surface area contributed by atoms with Gasteiger partial charge in [-0.3, -0.25) is 14.7 Å². The van der Waals surface area contributed by atoms with E-state index in [2.05, 4.69) is 28.1 Å². The Labute approximate surface area is 149 Å². The molecule has 4 nitrogen and oxygen atoms in total. The van der Waals surface area contributed by atoms with Gasteiger partial charge in [0.25, 0.3) is 0 Å². The monoisotopic (exact) mass is 335 g/mol. The van der Waals surface area contributed by atoms with Gasteiger partial charge in [0, 0.05) is 31.7 Å². The van der Waals surface area contributed by atoms with Crippen LogP contribution in [0.1, 0.15) is 41.1 Å². The molecule has 1 amide bonds. The lowest BCUT2D eigenvalue weighted by Gasteiger charge is -2.22. The summed E-state index contributed by atoms with van der Waals surface area (Å²) in [6.45, 7) is 2.40. The van der Waals surface area contributed by atoms with Gasteiger partial charge in [-0.2, -0.15) is 0 Å². The maximum atomic E-state index is 12.0. The summed E-state index contributed by atoms with van der Waals surface area (Å²) in [6, 6.07) is 12.5. The number of pyridine rings is 1. The number of primary amides is 1. The van der Waals surface area contributed by atoms with Crippen LogP contribution in [0.15, 0.2) is 42.6 Å². The maximum Gasteiger partial charge on any atom is 0.222 e. The van der Waals surface area contributed by atoms with Crippen LogP contribution in [0.4, 0.5) is 0 Å². The Balaban J connectivity index is 1.55. The van der Waals surface area contributed by atoms with Gasteiger partial charge in [0.05, 0.1) is 11.6 Å². The Morgan fingerprint density at radius 2 is 1.92 bits per heavy atom. The highest BCUT2D eigenvalue weighted by molar-refractivity contribution is 5.78. The standard InChI is InChI=1S/C21H25N3O/c22-21(25)19-13-24(12-18(19)15-6-2-1-3-7-15)14-20-17-9-5-4-8-16(17)10-11-23-20/h1-3,6-7,10-11,18-19H,4-5,8-9,12-14H2,(H2,22,25)/t18-,19+/m0/s1. The average Bonchev–Trinajstić information content (AvgIpc) is 3.07. The fourth-order valence-electron chi connectivity index (χ4n) is 4.43. The fourth-order valence-corrected chi connectivity index (χ4v) is 4.43. The van der Waals surface area contributed by atoms with Crippen molar-refractivity contribution in [3.8, 4) is 0 Å². The summed E-state index contributed by atoms with van der Waals surface area (Å²) in [7, 11) is 0. The second kappa shape index (κ2) is 6.96. The van der Waals surface area contributed by atoms with Crippen LogP contribution in [0.2, 0.25) is 0 Å². The van der Waals surface area contributed by atoms with Crippen molar-refractivity contribution in [1.29, 1.82) is 0 Å². The minimum Gasteiger partial charge on any atom is -0.369 e. The molecule has 2 heterocycles. The first-order valence-electron chi connectivity index (χ1n) is 9.24. The maximum absolute atomic E-state index is 12.0. The first-order chi connectivity index (χ1) is 12.2. The number of hydrogen-bond donors (Lipinski definition) is 1. The minimum absolute atomic E-state index is 0.123. The largest absolute Gasteiger partial charge is 0.369 e. The highest BCUT2D eigenvalue weighted by Crippen LogP contribution is 2.34. The molecular weight excluding hydrogens is 310 g/mol. The van der Waals surface area contributed by atoms with Crippen LogP contribution >= 0.6 is 0 Å². The highest BCUT2D eigenvalue weighted by atomic mass is 16.1. The third-order valence-electron chi connectivity index (χ3n) is 5.73. The molecular formula is C21H25N3O. The molecule has 4 rings (SSSR count). The highest BCUT2D eigenvalue weighted by Gasteiger charge is 2.37. The van der Waals surface area contributed by atoms with Crippen molar-refractivity contribution in [3.05, 3.63) is 65.0 Å². The average molecular weight is 335 g/mol. The Morgan fingerprint density at radius 3 is 2.72 bits per heavy atom. The van der Waals surface area contributed by atoms with Gasteiger partial charge in [-0.1, -0.05) is 30.3 Å². The summed E-state index contributed by atoms with van der Waals surface area (Å²) < 4.78 is 0. The van der Waals surface area contributed by atoms with Crippen LogP contribution in [-0.4, -0.2) is 28.9 Å². The third-order valence-corrected chi connectivity index (χ3v) is 5.73. The molecule has 1 aliphatic carbocycles. The van der Waals surface area contributed by atoms with Crippen LogP contribution < -0.4 is 5.73 Å². The van der Waals surface area contributed by atoms with E-state index in [9.17, 15) is 4.79 Å². The smallest absolute Gasteiger partial charge is 0.222 e. The number of aryl methyl sites for hydroxylation is 1. The van der Waals surface area contributed by atoms with Gasteiger partial charge >= 0.3 is 0 Å². The molecule has 0 radical (unpaired) electrons. The first kappa shape index (κ1) is 16.3. The van der Waals surface area contributed by atoms with Gasteiger partial charge in [0.2, 0.25) is 5.91 Å². The molecule has 1 saturated heterocycles. The van der Waals surface area contributed by atoms with Crippen molar-refractivity contribution in [1.82, 2.24) is 9.88 Å². The number of aromatic nitrogens is 1. The molecule has 0 spiro atoms. The number of carbonyl (C=O) groups excluding carboxylic acids is 1. The van der Waals surface area contributed by atoms with Crippen LogP contribution in [-0.2, 0) is 24.2 Å². The van der Waals surface area contributed by atoms with Gasteiger partial charge in [-0.05, 0) is 48.4 Å². The molecule has 1 aromatic carbocycles. The number of amides is 1. The van der Waals surface area contributed by atoms with E-state index in [0.29, 0.717) is 0 Å². The first-order valence-corrected chi connectivity index (χ1v) is 9.24. The molecule has 25 heavy (non-hydrogen) atoms. The van der Waals surface area contributed by atoms with Gasteiger partial charge in [0.15, 0.2) is 0 Å². The molecule has 2 aromatic rings. The quantitative estimate of drug-likeness (QED) is 0.934. The van der Waals surface area contributed by atoms with Crippen molar-refractivity contribution in [2.45, 2.75) is 38.1 Å². The van der Waals surface area contributed by atoms with Gasteiger partial charge < -0.3 is 5.73 Å². The number of rotatable bonds is 4. The lowest BCUT2D eigenvalue weighted by Crippen LogP contribution is -2.29. The lowest BCUT2D eigenvalue weighted by molar-refractivity contribution is -0.121. The van der Waals surface area contributed by atoms with Crippen LogP contribution in [0.5, 0.6) is 0 Å². The summed E-state index contributed by atoms with van der Waals surface area (Å²) in [6.07, 6.45) is 6.77. The lowest BCUT2D eigenvalue weighted by atomic mass is 9.88. The van der Waals surface area contributed by atoms with Crippen LogP contribution in [0, 0.1) is 5.92 Å². The number of carbonyl (C=O) groups is 1. The Morgan fingerprint density at radius 1 is 1.12 bits per heavy atom. The zero-order valence-electron chi connectivity index (χ0n) is 14.5. The van der Waals surface area contributed by atoms with E-state index >= 15 is 0 Å². The van der Waals surface area contributed by atoms with E-state index in [1.54, 1.807) is 0 Å². The molecule has 0 bridgehead atoms. The molecule has 2 N–H and O–H groups in total. The molecule has 4 heteroatoms. The summed E-state index contributed by atoms with van der Waals surface area (Å²) in [5.41, 5.74) is 11.0. The normalized spacial score (nSPS) is 23.4. The van der Waals surface area contributed by atoms with Gasteiger partial charge in [-0.25, -0.2) is 0 Å². The summed E-state index contributed by atoms with van der Waals surface area (Å²) in [5.74, 6) is -0.139. The van der Waals surface area contributed by atoms with Crippen molar-refractivity contribution < 1.29 is 4.79 Å². The Hall–Kier alpha value is -2.20. The van der Waals surface area contributed by atoms with E-state index in [-0.39, 0.29) is 17.7 Å². The minimum atomic E-state index is -0.195. The second-order valence-corrected chi connectivity index (χ2v) is 7.32. The number of likely N-dealkylation sites (tertiary alicyclic amines) is 1. The van der Waals surface area contributed by atoms with Gasteiger partial charge in [-0.15, -0.1) is 0 Å². The number of nitrogens with two attached hydrogens (primary N) is 1. The van der Waals surface area contributed by atoms with Crippen molar-refractivity contribution in [2.24, 2.45) is 11.7 Å². The molecule has 2 atom stereocenters. The fraction of sp³-hybridized carbons (Fsp3) is 0.429. The zero-order valence-corrected chi connectivity index (χ0v) is 14.5. The topological polar surface area (TPSA) is 59.2 Å². The summed E-state index contributed by atoms with van der Waals surface area (Å²) >= 11 is 0. The number of nitrogens with zero attached hydrogens (tertiary/aromatic N) is 2. The summed E-state index contributed by atoms with van der Waals surface area (Å²) in [4.78, 5) is 19.0. The number of benzene rings is 1. The second-order valence-electron chi connectivity index (χ2n) is 7.32. The SMILES string of the molecule is NC(=O)[C@@H]1CN(Cc2nccc3c2CCCC3)C[C@H]1c1ccccc1. The Bertz CT molecular complexity index is 759. The van der Waals surface area contributed by atoms with Crippen LogP contribution in [0.25, 0.3) is 0 Å². The van der Waals surface area contributed by atoms with E-state index < -0.39 is 0 Å². The molecule has 130 valence electrons. The van der Waals surface area contributed by atoms with E-state index in [1.807, 2.05) is 24.4 Å². The Kier molecular flexibility index (Phi) is 4.53. The summed E-state index contributed by atoms with van der Waals surface area (Å²) in [5, 5.41) is 0. The van der Waals surface area contributed by atoms with E-state index in [1.165, 1.54) is 41.6 Å². The van der Waals surface area contributed by atoms with Crippen molar-refractivity contribution in [3.63, 3.8) is 0 Å². The molecule has 2 aliphatic rings. The molecule has 1 fully saturated rings. The van der Waals surface area contributed by atoms with E-state index in [0.717, 1.165) is 26.1 Å². The van der Waals surface area contributed by atoms with E-state index in [4.69, 9.17) is 5.73 Å². The third kappa shape index (κ3) is 3.31. The zero-order chi connectivity index (χ0) is 17.2. The van der Waals surface area contributed by atoms with Crippen LogP contribution in [0.3, 0.4) is 0 Å². The van der Waals surface area contributed by atoms with Crippen molar-refractivity contribution in [2.75, 3.05) is 13.1 Å².